The van der Waals surface area contributed by atoms with Gasteiger partial charge in [-0.2, -0.15) is 0 Å². The highest BCUT2D eigenvalue weighted by Crippen LogP contribution is 2.19. The van der Waals surface area contributed by atoms with Gasteiger partial charge in [0.25, 0.3) is 0 Å². The van der Waals surface area contributed by atoms with E-state index in [4.69, 9.17) is 27.2 Å². The third-order valence-corrected chi connectivity index (χ3v) is 2.87. The second-order valence-electron chi connectivity index (χ2n) is 4.48. The van der Waals surface area contributed by atoms with Gasteiger partial charge >= 0.3 is 5.97 Å². The van der Waals surface area contributed by atoms with Crippen LogP contribution in [-0.4, -0.2) is 23.7 Å². The van der Waals surface area contributed by atoms with Crippen LogP contribution < -0.4 is 5.73 Å². The number of nitrogens with two attached hydrogens (primary N) is 1. The Kier molecular flexibility index (Phi) is 10.4. The average molecular weight is 342 g/mol. The summed E-state index contributed by atoms with van der Waals surface area (Å²) in [6.07, 6.45) is 4.41. The zero-order chi connectivity index (χ0) is 17.8. The van der Waals surface area contributed by atoms with Crippen molar-refractivity contribution in [3.63, 3.8) is 0 Å². The van der Waals surface area contributed by atoms with Crippen molar-refractivity contribution in [1.82, 2.24) is 0 Å². The van der Waals surface area contributed by atoms with Gasteiger partial charge in [-0.3, -0.25) is 4.79 Å². The molecule has 0 heterocycles. The third kappa shape index (κ3) is 9.50. The molecule has 0 saturated heterocycles. The summed E-state index contributed by atoms with van der Waals surface area (Å²) in [4.78, 5) is 10.9. The van der Waals surface area contributed by atoms with Crippen molar-refractivity contribution < 1.29 is 19.0 Å². The number of esters is 1. The van der Waals surface area contributed by atoms with Gasteiger partial charge in [-0.1, -0.05) is 36.9 Å². The molecule has 1 aromatic rings. The van der Waals surface area contributed by atoms with Crippen LogP contribution in [0.5, 0.6) is 0 Å². The molecule has 1 unspecified atom stereocenters. The lowest BCUT2D eigenvalue weighted by Crippen LogP contribution is -2.23. The van der Waals surface area contributed by atoms with Crippen LogP contribution in [0, 0.1) is 5.82 Å². The first kappa shape index (κ1) is 20.9. The number of carbonyl (C=O) groups is 1. The number of halogens is 2. The van der Waals surface area contributed by atoms with E-state index in [2.05, 4.69) is 13.2 Å². The van der Waals surface area contributed by atoms with Gasteiger partial charge in [0.05, 0.1) is 6.54 Å². The number of allylic oxidation sites excluding steroid dienone is 3. The van der Waals surface area contributed by atoms with E-state index >= 15 is 0 Å². The van der Waals surface area contributed by atoms with Crippen molar-refractivity contribution in [3.8, 4) is 0 Å². The van der Waals surface area contributed by atoms with Crippen LogP contribution in [-0.2, 0) is 16.0 Å². The molecule has 0 radical (unpaired) electrons. The van der Waals surface area contributed by atoms with Crippen LogP contribution in [0.3, 0.4) is 0 Å². The molecule has 0 amide bonds. The smallest absolute Gasteiger partial charge is 0.319 e. The Labute approximate surface area is 140 Å². The molecule has 0 fully saturated rings. The number of hydrogen-bond donors (Lipinski definition) is 2. The summed E-state index contributed by atoms with van der Waals surface area (Å²) in [5, 5.41) is 8.86. The number of rotatable bonds is 6. The Morgan fingerprint density at radius 2 is 2.17 bits per heavy atom. The summed E-state index contributed by atoms with van der Waals surface area (Å²) in [5.41, 5.74) is 5.85. The van der Waals surface area contributed by atoms with Crippen molar-refractivity contribution in [3.05, 3.63) is 71.7 Å². The Balaban J connectivity index is 0.000000585. The van der Waals surface area contributed by atoms with Crippen LogP contribution in [0.25, 0.3) is 0 Å². The zero-order valence-electron chi connectivity index (χ0n) is 13.0. The van der Waals surface area contributed by atoms with Crippen molar-refractivity contribution in [1.29, 1.82) is 0 Å². The number of hydrogen-bond acceptors (Lipinski definition) is 4. The molecular formula is C17H21ClFNO3. The van der Waals surface area contributed by atoms with Crippen LogP contribution in [0.1, 0.15) is 12.5 Å². The maximum atomic E-state index is 12.8. The fourth-order valence-corrected chi connectivity index (χ4v) is 1.74. The maximum absolute atomic E-state index is 12.8. The summed E-state index contributed by atoms with van der Waals surface area (Å²) in [7, 11) is 0. The molecule has 0 aromatic heterocycles. The SMILES string of the molecule is C=C/C=C(/O)C=C.CC(Cc1ccc(F)cc1Cl)OC(=O)CN. The van der Waals surface area contributed by atoms with E-state index < -0.39 is 5.97 Å². The lowest BCUT2D eigenvalue weighted by Gasteiger charge is -2.13. The Hall–Kier alpha value is -2.11. The van der Waals surface area contributed by atoms with E-state index in [1.54, 1.807) is 13.0 Å². The third-order valence-electron chi connectivity index (χ3n) is 2.52. The van der Waals surface area contributed by atoms with Crippen molar-refractivity contribution >= 4 is 17.6 Å². The topological polar surface area (TPSA) is 72.5 Å². The summed E-state index contributed by atoms with van der Waals surface area (Å²) in [6.45, 7) is 8.26. The number of carbonyl (C=O) groups excluding carboxylic acids is 1. The molecule has 0 aliphatic carbocycles. The Morgan fingerprint density at radius 3 is 2.61 bits per heavy atom. The second-order valence-corrected chi connectivity index (χ2v) is 4.88. The minimum atomic E-state index is -0.467. The van der Waals surface area contributed by atoms with Gasteiger partial charge in [-0.15, -0.1) is 0 Å². The fraction of sp³-hybridized carbons (Fsp3) is 0.235. The van der Waals surface area contributed by atoms with Crippen molar-refractivity contribution in [2.45, 2.75) is 19.4 Å². The number of aliphatic hydroxyl groups excluding tert-OH is 1. The first-order valence-electron chi connectivity index (χ1n) is 6.81. The molecule has 23 heavy (non-hydrogen) atoms. The van der Waals surface area contributed by atoms with Crippen LogP contribution in [0.4, 0.5) is 4.39 Å². The summed E-state index contributed by atoms with van der Waals surface area (Å²) >= 11 is 5.84. The van der Waals surface area contributed by atoms with Crippen molar-refractivity contribution in [2.75, 3.05) is 6.54 Å². The lowest BCUT2D eigenvalue weighted by atomic mass is 10.1. The monoisotopic (exact) mass is 341 g/mol. The first-order chi connectivity index (χ1) is 10.8. The second kappa shape index (κ2) is 11.5. The minimum absolute atomic E-state index is 0.148. The maximum Gasteiger partial charge on any atom is 0.319 e. The van der Waals surface area contributed by atoms with E-state index in [0.717, 1.165) is 5.56 Å². The summed E-state index contributed by atoms with van der Waals surface area (Å²) in [5.74, 6) is -0.707. The molecule has 3 N–H and O–H groups in total. The fourth-order valence-electron chi connectivity index (χ4n) is 1.50. The number of ether oxygens (including phenoxy) is 1. The van der Waals surface area contributed by atoms with Gasteiger partial charge in [0.1, 0.15) is 17.7 Å². The average Bonchev–Trinajstić information content (AvgIpc) is 2.50. The quantitative estimate of drug-likeness (QED) is 0.470. The molecule has 126 valence electrons. The molecule has 4 nitrogen and oxygen atoms in total. The van der Waals surface area contributed by atoms with Crippen LogP contribution in [0.15, 0.2) is 55.3 Å². The van der Waals surface area contributed by atoms with Gasteiger partial charge in [0.15, 0.2) is 0 Å². The molecule has 1 rings (SSSR count). The first-order valence-corrected chi connectivity index (χ1v) is 7.19. The molecule has 0 aliphatic heterocycles. The van der Waals surface area contributed by atoms with Crippen LogP contribution >= 0.6 is 11.6 Å². The predicted octanol–water partition coefficient (Wildman–Crippen LogP) is 3.71. The molecule has 0 spiro atoms. The van der Waals surface area contributed by atoms with Gasteiger partial charge in [0.2, 0.25) is 0 Å². The van der Waals surface area contributed by atoms with Gasteiger partial charge in [-0.25, -0.2) is 4.39 Å². The largest absolute Gasteiger partial charge is 0.508 e. The van der Waals surface area contributed by atoms with E-state index in [9.17, 15) is 9.18 Å². The molecule has 0 aliphatic rings. The normalized spacial score (nSPS) is 11.7. The van der Waals surface area contributed by atoms with E-state index in [1.165, 1.54) is 30.4 Å². The van der Waals surface area contributed by atoms with E-state index in [1.807, 2.05) is 0 Å². The van der Waals surface area contributed by atoms with E-state index in [-0.39, 0.29) is 24.2 Å². The molecule has 1 atom stereocenters. The molecule has 6 heteroatoms. The predicted molar refractivity (Wildman–Crippen MR) is 90.8 cm³/mol. The Bertz CT molecular complexity index is 573. The zero-order valence-corrected chi connectivity index (χ0v) is 13.7. The highest BCUT2D eigenvalue weighted by Gasteiger charge is 2.11. The lowest BCUT2D eigenvalue weighted by molar-refractivity contribution is -0.146. The molecule has 1 aromatic carbocycles. The summed E-state index contributed by atoms with van der Waals surface area (Å²) in [6, 6.07) is 4.12. The van der Waals surface area contributed by atoms with E-state index in [0.29, 0.717) is 11.4 Å². The number of aliphatic hydroxyl groups is 1. The van der Waals surface area contributed by atoms with Crippen LogP contribution in [0.2, 0.25) is 5.02 Å². The minimum Gasteiger partial charge on any atom is -0.508 e. The van der Waals surface area contributed by atoms with Gasteiger partial charge in [-0.05, 0) is 36.8 Å². The number of benzene rings is 1. The standard InChI is InChI=1S/C11H13ClFNO2.C6H8O/c1-7(16-11(15)6-14)4-8-2-3-9(13)5-10(8)12;1-3-5-6(7)4-2/h2-3,5,7H,4,6,14H2,1H3;3-5,7H,1-2H2/b;6-5+. The summed E-state index contributed by atoms with van der Waals surface area (Å²) < 4.78 is 17.7. The molecular weight excluding hydrogens is 321 g/mol. The van der Waals surface area contributed by atoms with Gasteiger partial charge in [0, 0.05) is 11.4 Å². The molecule has 0 saturated carbocycles. The highest BCUT2D eigenvalue weighted by atomic mass is 35.5. The Morgan fingerprint density at radius 1 is 1.52 bits per heavy atom. The highest BCUT2D eigenvalue weighted by molar-refractivity contribution is 6.31. The van der Waals surface area contributed by atoms with Gasteiger partial charge < -0.3 is 15.6 Å². The van der Waals surface area contributed by atoms with Crippen molar-refractivity contribution in [2.24, 2.45) is 5.73 Å². The molecule has 0 bridgehead atoms.